The maximum absolute atomic E-state index is 14.5. The predicted octanol–water partition coefficient (Wildman–Crippen LogP) is 3.99. The average molecular weight is 730 g/mol. The predicted molar refractivity (Wildman–Crippen MR) is 201 cm³/mol. The second-order valence-corrected chi connectivity index (χ2v) is 18.6. The van der Waals surface area contributed by atoms with Gasteiger partial charge in [-0.1, -0.05) is 46.5 Å². The van der Waals surface area contributed by atoms with Gasteiger partial charge in [0.25, 0.3) is 0 Å². The van der Waals surface area contributed by atoms with E-state index in [0.717, 1.165) is 70.6 Å². The number of hydrogen-bond donors (Lipinski definition) is 4. The highest BCUT2D eigenvalue weighted by Gasteiger charge is 2.57. The Morgan fingerprint density at radius 1 is 0.923 bits per heavy atom. The number of methoxy groups -OCH3 is 1. The van der Waals surface area contributed by atoms with Crippen molar-refractivity contribution in [2.45, 2.75) is 135 Å². The zero-order valence-electron chi connectivity index (χ0n) is 33.3. The van der Waals surface area contributed by atoms with Crippen LogP contribution in [0.2, 0.25) is 0 Å². The van der Waals surface area contributed by atoms with Crippen molar-refractivity contribution in [1.82, 2.24) is 25.9 Å². The van der Waals surface area contributed by atoms with E-state index in [9.17, 15) is 19.5 Å². The lowest BCUT2D eigenvalue weighted by Gasteiger charge is -2.62. The Bertz CT molecular complexity index is 1240. The Kier molecular flexibility index (Phi) is 13.0. The van der Waals surface area contributed by atoms with Gasteiger partial charge < -0.3 is 30.7 Å². The molecule has 6 aliphatic carbocycles. The van der Waals surface area contributed by atoms with Gasteiger partial charge in [-0.2, -0.15) is 5.06 Å². The molecule has 6 unspecified atom stereocenters. The summed E-state index contributed by atoms with van der Waals surface area (Å²) < 4.78 is 6.39. The molecule has 1 heterocycles. The Hall–Kier alpha value is -1.79. The molecule has 13 atom stereocenters. The van der Waals surface area contributed by atoms with Gasteiger partial charge in [0.1, 0.15) is 12.1 Å². The molecule has 3 amide bonds. The largest absolute Gasteiger partial charge is 0.396 e. The van der Waals surface area contributed by atoms with Crippen molar-refractivity contribution in [2.75, 3.05) is 47.9 Å². The summed E-state index contributed by atoms with van der Waals surface area (Å²) in [6, 6.07) is -0.225. The SMILES string of the molecule is CNC(=O)C1CC(C2CCCC(CN3O[C@@H](CNC(=O)C4CCCCC4)[C@@H](CO)[C@H]3C(=O)N[C@H]3C[C@H]4C[C@@H]([C@@H]3C)C4(C)C)C2OC)CC(N(C)C)C1. The van der Waals surface area contributed by atoms with Crippen LogP contribution in [0.25, 0.3) is 0 Å². The highest BCUT2D eigenvalue weighted by molar-refractivity contribution is 5.83. The second kappa shape index (κ2) is 16.9. The summed E-state index contributed by atoms with van der Waals surface area (Å²) >= 11 is 0. The first kappa shape index (κ1) is 39.9. The van der Waals surface area contributed by atoms with Gasteiger partial charge in [0.2, 0.25) is 17.7 Å². The zero-order valence-corrected chi connectivity index (χ0v) is 33.3. The lowest BCUT2D eigenvalue weighted by atomic mass is 9.45. The fraction of sp³-hybridized carbons (Fsp3) is 0.927. The number of amides is 3. The van der Waals surface area contributed by atoms with E-state index < -0.39 is 18.1 Å². The molecule has 2 bridgehead atoms. The molecular formula is C41H71N5O6. The van der Waals surface area contributed by atoms with E-state index in [1.807, 2.05) is 12.2 Å². The van der Waals surface area contributed by atoms with Crippen LogP contribution in [-0.2, 0) is 24.0 Å². The number of fused-ring (bicyclic) bond motifs is 2. The van der Waals surface area contributed by atoms with Crippen molar-refractivity contribution < 1.29 is 29.1 Å². The summed E-state index contributed by atoms with van der Waals surface area (Å²) in [5, 5.41) is 22.3. The summed E-state index contributed by atoms with van der Waals surface area (Å²) in [6.45, 7) is 7.61. The molecule has 0 aromatic rings. The van der Waals surface area contributed by atoms with E-state index in [4.69, 9.17) is 9.57 Å². The van der Waals surface area contributed by atoms with Crippen LogP contribution < -0.4 is 16.0 Å². The molecule has 0 spiro atoms. The quantitative estimate of drug-likeness (QED) is 0.237. The topological polar surface area (TPSA) is 132 Å². The van der Waals surface area contributed by atoms with Crippen LogP contribution in [0.4, 0.5) is 0 Å². The molecule has 11 nitrogen and oxygen atoms in total. The second-order valence-electron chi connectivity index (χ2n) is 18.6. The molecular weight excluding hydrogens is 658 g/mol. The van der Waals surface area contributed by atoms with Gasteiger partial charge in [-0.15, -0.1) is 0 Å². The average Bonchev–Trinajstić information content (AvgIpc) is 3.50. The van der Waals surface area contributed by atoms with Crippen LogP contribution >= 0.6 is 0 Å². The number of carbonyl (C=O) groups excluding carboxylic acids is 3. The number of aliphatic hydroxyl groups excluding tert-OH is 1. The Morgan fingerprint density at radius 3 is 2.31 bits per heavy atom. The third-order valence-corrected chi connectivity index (χ3v) is 15.4. The van der Waals surface area contributed by atoms with Crippen LogP contribution in [0.15, 0.2) is 0 Å². The monoisotopic (exact) mass is 730 g/mol. The van der Waals surface area contributed by atoms with Gasteiger partial charge in [-0.3, -0.25) is 19.2 Å². The first-order valence-electron chi connectivity index (χ1n) is 20.9. The highest BCUT2D eigenvalue weighted by atomic mass is 16.7. The molecule has 52 heavy (non-hydrogen) atoms. The van der Waals surface area contributed by atoms with Gasteiger partial charge in [0, 0.05) is 63.0 Å². The normalized spacial score (nSPS) is 40.9. The standard InChI is InChI=1S/C41H71N5O6/c1-24-33-19-29(41(33,2)3)20-34(24)44-40(50)36-32(23-47)35(21-43-39(49)25-12-9-8-10-13-25)52-46(36)22-26-14-11-15-31(37(26)51-7)27-16-28(38(48)42-4)18-30(17-27)45(5)6/h24-37,47H,8-23H2,1-7H3,(H,42,48)(H,43,49)(H,44,50)/t24-,26?,27?,28?,29+,30?,31?,32+,33-,34-,35-,36-,37?/m0/s1. The minimum atomic E-state index is -0.664. The fourth-order valence-electron chi connectivity index (χ4n) is 12.1. The van der Waals surface area contributed by atoms with E-state index in [-0.39, 0.29) is 60.8 Å². The minimum absolute atomic E-state index is 0.0160. The highest BCUT2D eigenvalue weighted by Crippen LogP contribution is 2.61. The first-order valence-corrected chi connectivity index (χ1v) is 20.9. The van der Waals surface area contributed by atoms with E-state index >= 15 is 0 Å². The molecule has 1 aliphatic heterocycles. The third kappa shape index (κ3) is 8.10. The van der Waals surface area contributed by atoms with Crippen LogP contribution in [0.5, 0.6) is 0 Å². The lowest BCUT2D eigenvalue weighted by molar-refractivity contribution is -0.187. The summed E-state index contributed by atoms with van der Waals surface area (Å²) in [7, 11) is 7.78. The van der Waals surface area contributed by atoms with Gasteiger partial charge in [-0.25, -0.2) is 0 Å². The van der Waals surface area contributed by atoms with Crippen molar-refractivity contribution in [2.24, 2.45) is 58.7 Å². The molecule has 296 valence electrons. The van der Waals surface area contributed by atoms with Crippen molar-refractivity contribution in [3.05, 3.63) is 0 Å². The fourth-order valence-corrected chi connectivity index (χ4v) is 12.1. The van der Waals surface area contributed by atoms with Gasteiger partial charge in [-0.05, 0) is 107 Å². The Balaban J connectivity index is 1.19. The van der Waals surface area contributed by atoms with Crippen molar-refractivity contribution in [3.8, 4) is 0 Å². The molecule has 0 radical (unpaired) electrons. The number of nitrogens with one attached hydrogen (secondary N) is 3. The molecule has 1 saturated heterocycles. The smallest absolute Gasteiger partial charge is 0.240 e. The first-order chi connectivity index (χ1) is 24.9. The molecule has 7 rings (SSSR count). The number of hydroxylamine groups is 2. The van der Waals surface area contributed by atoms with Crippen LogP contribution in [-0.4, -0.2) is 111 Å². The molecule has 7 aliphatic rings. The van der Waals surface area contributed by atoms with Gasteiger partial charge in [0.05, 0.1) is 12.7 Å². The van der Waals surface area contributed by atoms with Crippen molar-refractivity contribution in [3.63, 3.8) is 0 Å². The number of rotatable bonds is 12. The molecule has 0 aromatic carbocycles. The zero-order chi connectivity index (χ0) is 37.3. The number of ether oxygens (including phenoxy) is 1. The Labute approximate surface area is 313 Å². The molecule has 7 fully saturated rings. The van der Waals surface area contributed by atoms with E-state index in [2.05, 4.69) is 55.7 Å². The number of aliphatic hydroxyl groups is 1. The summed E-state index contributed by atoms with van der Waals surface area (Å²) in [5.41, 5.74) is 0.316. The van der Waals surface area contributed by atoms with Crippen LogP contribution in [0.1, 0.15) is 104 Å². The van der Waals surface area contributed by atoms with E-state index in [1.54, 1.807) is 7.05 Å². The van der Waals surface area contributed by atoms with Crippen LogP contribution in [0.3, 0.4) is 0 Å². The van der Waals surface area contributed by atoms with Gasteiger partial charge >= 0.3 is 0 Å². The Morgan fingerprint density at radius 2 is 1.67 bits per heavy atom. The number of carbonyl (C=O) groups is 3. The third-order valence-electron chi connectivity index (χ3n) is 15.4. The minimum Gasteiger partial charge on any atom is -0.396 e. The van der Waals surface area contributed by atoms with Gasteiger partial charge in [0.15, 0.2) is 0 Å². The van der Waals surface area contributed by atoms with Crippen LogP contribution in [0, 0.1) is 58.7 Å². The molecule has 11 heteroatoms. The summed E-state index contributed by atoms with van der Waals surface area (Å²) in [5.74, 6) is 2.02. The van der Waals surface area contributed by atoms with Crippen molar-refractivity contribution >= 4 is 17.7 Å². The number of hydrogen-bond acceptors (Lipinski definition) is 8. The maximum atomic E-state index is 14.5. The van der Waals surface area contributed by atoms with E-state index in [1.165, 1.54) is 12.8 Å². The molecule has 6 saturated carbocycles. The van der Waals surface area contributed by atoms with Crippen molar-refractivity contribution in [1.29, 1.82) is 0 Å². The maximum Gasteiger partial charge on any atom is 0.240 e. The summed E-state index contributed by atoms with van der Waals surface area (Å²) in [4.78, 5) is 49.6. The molecule has 0 aromatic heterocycles. The lowest BCUT2D eigenvalue weighted by Crippen LogP contribution is -2.62. The number of nitrogens with zero attached hydrogens (tertiary/aromatic N) is 2. The van der Waals surface area contributed by atoms with E-state index in [0.29, 0.717) is 47.6 Å². The summed E-state index contributed by atoms with van der Waals surface area (Å²) in [6.07, 6.45) is 12.7. The molecule has 4 N–H and O–H groups in total.